The van der Waals surface area contributed by atoms with Crippen LogP contribution >= 0.6 is 23.2 Å². The molecule has 1 N–H and O–H groups in total. The second-order valence-electron chi connectivity index (χ2n) is 10.7. The van der Waals surface area contributed by atoms with Crippen LogP contribution in [0, 0.1) is 17.0 Å². The number of sulfonamides is 1. The van der Waals surface area contributed by atoms with Crippen molar-refractivity contribution in [2.75, 3.05) is 24.5 Å². The molecule has 48 heavy (non-hydrogen) atoms. The summed E-state index contributed by atoms with van der Waals surface area (Å²) in [6, 6.07) is 22.6. The number of likely N-dealkylation sites (N-methyl/N-ethyl adjacent to an activating group) is 1. The molecule has 0 aliphatic rings. The Morgan fingerprint density at radius 3 is 2.31 bits per heavy atom. The Bertz CT molecular complexity index is 1910. The smallest absolute Gasteiger partial charge is 0.273 e. The minimum absolute atomic E-state index is 0.0691. The van der Waals surface area contributed by atoms with Crippen LogP contribution in [0.25, 0.3) is 0 Å². The first-order chi connectivity index (χ1) is 22.9. The number of carbonyl (C=O) groups is 2. The molecular weight excluding hydrogens is 679 g/mol. The van der Waals surface area contributed by atoms with Crippen LogP contribution in [0.2, 0.25) is 10.0 Å². The predicted octanol–water partition coefficient (Wildman–Crippen LogP) is 6.19. The van der Waals surface area contributed by atoms with E-state index >= 15 is 0 Å². The largest absolute Gasteiger partial charge is 0.495 e. The summed E-state index contributed by atoms with van der Waals surface area (Å²) in [5.74, 6) is -1.14. The normalized spacial score (nSPS) is 11.8. The SMILES string of the molecule is CCNC(=O)[C@@H](Cc1ccccc1)N(Cc1ccccc1Cl)C(=O)CN(c1cc(Cl)ccc1OC)S(=O)(=O)c1ccc(C)c([N+](=O)[O-])c1. The standard InChI is InChI=1S/C34H34Cl2N4O7S/c1-4-37-34(42)31(18-24-10-6-5-7-11-24)38(21-25-12-8-9-13-28(25)36)33(41)22-39(30-19-26(35)15-17-32(30)47-3)48(45,46)27-16-14-23(2)29(20-27)40(43)44/h5-17,19-20,31H,4,18,21-22H2,1-3H3,(H,37,42)/t31-/m1/s1. The van der Waals surface area contributed by atoms with Crippen molar-refractivity contribution in [1.82, 2.24) is 10.2 Å². The summed E-state index contributed by atoms with van der Waals surface area (Å²) in [4.78, 5) is 40.2. The summed E-state index contributed by atoms with van der Waals surface area (Å²) in [6.45, 7) is 2.55. The summed E-state index contributed by atoms with van der Waals surface area (Å²) in [5, 5.41) is 15.0. The van der Waals surface area contributed by atoms with Crippen molar-refractivity contribution in [2.45, 2.75) is 37.8 Å². The van der Waals surface area contributed by atoms with Crippen molar-refractivity contribution in [1.29, 1.82) is 0 Å². The molecule has 14 heteroatoms. The molecule has 0 saturated carbocycles. The average Bonchev–Trinajstić information content (AvgIpc) is 3.06. The van der Waals surface area contributed by atoms with Crippen LogP contribution in [0.1, 0.15) is 23.6 Å². The number of aryl methyl sites for hydroxylation is 1. The van der Waals surface area contributed by atoms with Gasteiger partial charge < -0.3 is 15.0 Å². The summed E-state index contributed by atoms with van der Waals surface area (Å²) < 4.78 is 35.0. The van der Waals surface area contributed by atoms with Gasteiger partial charge in [0.2, 0.25) is 11.8 Å². The number of rotatable bonds is 14. The molecular formula is C34H34Cl2N4O7S. The Kier molecular flexibility index (Phi) is 12.0. The molecule has 0 radical (unpaired) electrons. The minimum atomic E-state index is -4.68. The molecule has 0 aromatic heterocycles. The number of amides is 2. The summed E-state index contributed by atoms with van der Waals surface area (Å²) in [7, 11) is -3.36. The molecule has 11 nitrogen and oxygen atoms in total. The van der Waals surface area contributed by atoms with Crippen molar-refractivity contribution in [3.63, 3.8) is 0 Å². The van der Waals surface area contributed by atoms with Crippen LogP contribution in [0.3, 0.4) is 0 Å². The first-order valence-electron chi connectivity index (χ1n) is 14.8. The van der Waals surface area contributed by atoms with Gasteiger partial charge in [-0.05, 0) is 55.3 Å². The maximum absolute atomic E-state index is 14.6. The van der Waals surface area contributed by atoms with E-state index in [0.717, 1.165) is 15.9 Å². The number of hydrogen-bond acceptors (Lipinski definition) is 7. The Hall–Kier alpha value is -4.65. The van der Waals surface area contributed by atoms with Crippen molar-refractivity contribution in [3.05, 3.63) is 128 Å². The van der Waals surface area contributed by atoms with E-state index < -0.39 is 49.9 Å². The van der Waals surface area contributed by atoms with Gasteiger partial charge in [0.1, 0.15) is 18.3 Å². The number of methoxy groups -OCH3 is 1. The number of nitrogens with zero attached hydrogens (tertiary/aromatic N) is 3. The minimum Gasteiger partial charge on any atom is -0.495 e. The third-order valence-electron chi connectivity index (χ3n) is 7.57. The zero-order chi connectivity index (χ0) is 35.0. The molecule has 0 fully saturated rings. The lowest BCUT2D eigenvalue weighted by Gasteiger charge is -2.34. The maximum Gasteiger partial charge on any atom is 0.273 e. The number of halogens is 2. The Morgan fingerprint density at radius 2 is 1.67 bits per heavy atom. The molecule has 4 aromatic rings. The number of hydrogen-bond donors (Lipinski definition) is 1. The lowest BCUT2D eigenvalue weighted by Crippen LogP contribution is -2.53. The van der Waals surface area contributed by atoms with E-state index in [-0.39, 0.29) is 41.5 Å². The quantitative estimate of drug-likeness (QED) is 0.122. The third-order valence-corrected chi connectivity index (χ3v) is 9.93. The van der Waals surface area contributed by atoms with Crippen molar-refractivity contribution in [3.8, 4) is 5.75 Å². The van der Waals surface area contributed by atoms with E-state index in [1.165, 1.54) is 49.3 Å². The number of nitro groups is 1. The Labute approximate surface area is 289 Å². The number of benzene rings is 4. The molecule has 0 aliphatic carbocycles. The van der Waals surface area contributed by atoms with Crippen molar-refractivity contribution >= 4 is 56.4 Å². The fourth-order valence-corrected chi connectivity index (χ4v) is 6.90. The maximum atomic E-state index is 14.6. The highest BCUT2D eigenvalue weighted by atomic mass is 35.5. The van der Waals surface area contributed by atoms with Crippen LogP contribution in [-0.4, -0.2) is 56.3 Å². The molecule has 0 unspecified atom stereocenters. The Morgan fingerprint density at radius 1 is 0.979 bits per heavy atom. The van der Waals surface area contributed by atoms with Crippen LogP contribution in [0.5, 0.6) is 5.75 Å². The van der Waals surface area contributed by atoms with Gasteiger partial charge in [-0.1, -0.05) is 77.8 Å². The molecule has 0 saturated heterocycles. The number of ether oxygens (including phenoxy) is 1. The van der Waals surface area contributed by atoms with Gasteiger partial charge in [0.05, 0.1) is 22.6 Å². The highest BCUT2D eigenvalue weighted by molar-refractivity contribution is 7.92. The van der Waals surface area contributed by atoms with Crippen LogP contribution in [-0.2, 0) is 32.6 Å². The molecule has 4 aromatic carbocycles. The van der Waals surface area contributed by atoms with E-state index in [1.807, 2.05) is 30.3 Å². The van der Waals surface area contributed by atoms with Gasteiger partial charge >= 0.3 is 0 Å². The fourth-order valence-electron chi connectivity index (χ4n) is 5.10. The number of anilines is 1. The number of nitro benzene ring substituents is 1. The molecule has 252 valence electrons. The zero-order valence-electron chi connectivity index (χ0n) is 26.4. The monoisotopic (exact) mass is 712 g/mol. The van der Waals surface area contributed by atoms with E-state index in [1.54, 1.807) is 31.2 Å². The predicted molar refractivity (Wildman–Crippen MR) is 185 cm³/mol. The first kappa shape index (κ1) is 36.2. The lowest BCUT2D eigenvalue weighted by molar-refractivity contribution is -0.385. The summed E-state index contributed by atoms with van der Waals surface area (Å²) in [5.41, 5.74) is 1.03. The molecule has 1 atom stereocenters. The van der Waals surface area contributed by atoms with E-state index in [9.17, 15) is 28.1 Å². The third kappa shape index (κ3) is 8.43. The highest BCUT2D eigenvalue weighted by Gasteiger charge is 2.36. The number of nitrogens with one attached hydrogen (secondary N) is 1. The van der Waals surface area contributed by atoms with E-state index in [0.29, 0.717) is 10.6 Å². The highest BCUT2D eigenvalue weighted by Crippen LogP contribution is 2.36. The van der Waals surface area contributed by atoms with E-state index in [4.69, 9.17) is 27.9 Å². The van der Waals surface area contributed by atoms with Gasteiger partial charge in [-0.2, -0.15) is 0 Å². The second kappa shape index (κ2) is 16.0. The van der Waals surface area contributed by atoms with Crippen LogP contribution in [0.4, 0.5) is 11.4 Å². The van der Waals surface area contributed by atoms with Crippen LogP contribution in [0.15, 0.2) is 95.9 Å². The molecule has 0 aliphatic heterocycles. The van der Waals surface area contributed by atoms with Gasteiger partial charge in [-0.15, -0.1) is 0 Å². The van der Waals surface area contributed by atoms with Crippen molar-refractivity contribution in [2.24, 2.45) is 0 Å². The first-order valence-corrected chi connectivity index (χ1v) is 17.0. The van der Waals surface area contributed by atoms with Gasteiger partial charge in [0.15, 0.2) is 0 Å². The van der Waals surface area contributed by atoms with E-state index in [2.05, 4.69) is 5.32 Å². The summed E-state index contributed by atoms with van der Waals surface area (Å²) >= 11 is 12.8. The summed E-state index contributed by atoms with van der Waals surface area (Å²) in [6.07, 6.45) is 0.111. The lowest BCUT2D eigenvalue weighted by atomic mass is 10.0. The molecule has 0 spiro atoms. The fraction of sp³-hybridized carbons (Fsp3) is 0.235. The molecule has 0 bridgehead atoms. The molecule has 0 heterocycles. The van der Waals surface area contributed by atoms with Gasteiger partial charge in [0.25, 0.3) is 15.7 Å². The van der Waals surface area contributed by atoms with Crippen molar-refractivity contribution < 1.29 is 27.7 Å². The Balaban J connectivity index is 1.89. The molecule has 4 rings (SSSR count). The van der Waals surface area contributed by atoms with Gasteiger partial charge in [-0.3, -0.25) is 24.0 Å². The average molecular weight is 714 g/mol. The topological polar surface area (TPSA) is 139 Å². The van der Waals surface area contributed by atoms with Gasteiger partial charge in [0, 0.05) is 41.2 Å². The van der Waals surface area contributed by atoms with Crippen LogP contribution < -0.4 is 14.4 Å². The van der Waals surface area contributed by atoms with Gasteiger partial charge in [-0.25, -0.2) is 8.42 Å². The zero-order valence-corrected chi connectivity index (χ0v) is 28.8. The second-order valence-corrected chi connectivity index (χ2v) is 13.5. The number of carbonyl (C=O) groups excluding carboxylic acids is 2. The molecule has 2 amide bonds.